The Morgan fingerprint density at radius 1 is 1.28 bits per heavy atom. The number of fused-ring (bicyclic) bond motifs is 1. The number of hydrogen-bond acceptors (Lipinski definition) is 5. The number of rotatable bonds is 6. The molecule has 0 aliphatic carbocycles. The predicted molar refractivity (Wildman–Crippen MR) is 115 cm³/mol. The van der Waals surface area contributed by atoms with Crippen LogP contribution in [-0.2, 0) is 23.2 Å². The summed E-state index contributed by atoms with van der Waals surface area (Å²) in [5.74, 6) is -2.14. The number of aryl methyl sites for hydroxylation is 1. The van der Waals surface area contributed by atoms with Crippen LogP contribution in [0.5, 0.6) is 0 Å². The highest BCUT2D eigenvalue weighted by molar-refractivity contribution is 7.91. The molecular weight excluding hydrogens is 443 g/mol. The van der Waals surface area contributed by atoms with Crippen molar-refractivity contribution in [3.63, 3.8) is 0 Å². The molecule has 4 rings (SSSR count). The van der Waals surface area contributed by atoms with E-state index in [-0.39, 0.29) is 42.3 Å². The topological polar surface area (TPSA) is 135 Å². The van der Waals surface area contributed by atoms with Crippen LogP contribution in [0.3, 0.4) is 0 Å². The van der Waals surface area contributed by atoms with E-state index >= 15 is 0 Å². The summed E-state index contributed by atoms with van der Waals surface area (Å²) in [5, 5.41) is 21.5. The Bertz CT molecular complexity index is 1370. The zero-order valence-corrected chi connectivity index (χ0v) is 17.7. The lowest BCUT2D eigenvalue weighted by atomic mass is 10.1. The molecule has 32 heavy (non-hydrogen) atoms. The van der Waals surface area contributed by atoms with Crippen LogP contribution in [0.25, 0.3) is 10.9 Å². The van der Waals surface area contributed by atoms with Crippen molar-refractivity contribution < 1.29 is 27.6 Å². The van der Waals surface area contributed by atoms with Crippen molar-refractivity contribution in [2.75, 3.05) is 17.4 Å². The molecule has 0 amide bonds. The van der Waals surface area contributed by atoms with Crippen molar-refractivity contribution in [3.05, 3.63) is 69.2 Å². The predicted octanol–water partition coefficient (Wildman–Crippen LogP) is 2.65. The molecule has 1 saturated heterocycles. The number of hydrogen-bond donors (Lipinski definition) is 2. The first-order chi connectivity index (χ1) is 15.1. The van der Waals surface area contributed by atoms with Crippen molar-refractivity contribution in [1.29, 1.82) is 0 Å². The monoisotopic (exact) mass is 462 g/mol. The van der Waals surface area contributed by atoms with E-state index in [4.69, 9.17) is 0 Å². The van der Waals surface area contributed by atoms with Gasteiger partial charge in [0.1, 0.15) is 5.82 Å². The third-order valence-corrected chi connectivity index (χ3v) is 6.93. The first-order valence-electron chi connectivity index (χ1n) is 9.72. The van der Waals surface area contributed by atoms with E-state index in [2.05, 4.69) is 4.72 Å². The van der Waals surface area contributed by atoms with Crippen molar-refractivity contribution in [3.8, 4) is 0 Å². The molecule has 2 N–H and O–H groups in total. The number of carboxylic acid groups (broad SMARTS) is 1. The van der Waals surface area contributed by atoms with E-state index in [1.54, 1.807) is 18.2 Å². The van der Waals surface area contributed by atoms with Gasteiger partial charge in [-0.3, -0.25) is 14.4 Å². The molecule has 10 nitrogen and oxygen atoms in total. The van der Waals surface area contributed by atoms with E-state index in [9.17, 15) is 32.8 Å². The van der Waals surface area contributed by atoms with Gasteiger partial charge in [-0.2, -0.15) is 13.1 Å². The first kappa shape index (κ1) is 21.7. The summed E-state index contributed by atoms with van der Waals surface area (Å²) in [4.78, 5) is 22.8. The second-order valence-electron chi connectivity index (χ2n) is 7.30. The Morgan fingerprint density at radius 3 is 2.62 bits per heavy atom. The highest BCUT2D eigenvalue weighted by Gasteiger charge is 2.36. The minimum Gasteiger partial charge on any atom is -0.477 e. The summed E-state index contributed by atoms with van der Waals surface area (Å²) in [7, 11) is -3.95. The number of aromatic carboxylic acids is 1. The molecule has 0 bridgehead atoms. The number of aromatic nitrogens is 1. The molecule has 3 aromatic rings. The molecule has 0 saturated carbocycles. The SMILES string of the molecule is CCc1ccc2c(c1)c(N1CCNS1(=O)=O)c(C(=O)O)n2Cc1cc([N+](=O)[O-])ccc1F. The Hall–Kier alpha value is -3.51. The third kappa shape index (κ3) is 3.56. The van der Waals surface area contributed by atoms with Crippen LogP contribution in [-0.4, -0.2) is 42.1 Å². The molecule has 1 fully saturated rings. The lowest BCUT2D eigenvalue weighted by molar-refractivity contribution is -0.385. The van der Waals surface area contributed by atoms with Crippen LogP contribution >= 0.6 is 0 Å². The van der Waals surface area contributed by atoms with Crippen molar-refractivity contribution in [2.45, 2.75) is 19.9 Å². The van der Waals surface area contributed by atoms with Crippen LogP contribution in [0, 0.1) is 15.9 Å². The van der Waals surface area contributed by atoms with E-state index in [0.29, 0.717) is 17.3 Å². The molecule has 12 heteroatoms. The van der Waals surface area contributed by atoms with Crippen LogP contribution in [0.1, 0.15) is 28.5 Å². The van der Waals surface area contributed by atoms with E-state index < -0.39 is 26.9 Å². The number of halogens is 1. The summed E-state index contributed by atoms with van der Waals surface area (Å²) in [6.07, 6.45) is 0.632. The van der Waals surface area contributed by atoms with Crippen LogP contribution < -0.4 is 9.03 Å². The Balaban J connectivity index is 2.01. The number of benzene rings is 2. The molecule has 1 aliphatic rings. The highest BCUT2D eigenvalue weighted by Crippen LogP contribution is 2.38. The Kier molecular flexibility index (Phi) is 5.34. The molecule has 0 spiro atoms. The van der Waals surface area contributed by atoms with Crippen molar-refractivity contribution >= 4 is 38.5 Å². The Morgan fingerprint density at radius 2 is 2.03 bits per heavy atom. The number of nitro groups is 1. The number of nitrogens with one attached hydrogen (secondary N) is 1. The van der Waals surface area contributed by atoms with E-state index in [1.165, 1.54) is 4.57 Å². The molecule has 0 atom stereocenters. The number of carbonyl (C=O) groups is 1. The maximum Gasteiger partial charge on any atom is 0.354 e. The molecule has 0 radical (unpaired) electrons. The quantitative estimate of drug-likeness (QED) is 0.427. The molecule has 1 aliphatic heterocycles. The van der Waals surface area contributed by atoms with Gasteiger partial charge in [-0.15, -0.1) is 0 Å². The molecule has 0 unspecified atom stereocenters. The standard InChI is InChI=1S/C20H19FN4O6S/c1-2-12-3-6-17-15(9-12)18(24-8-7-22-32(24,30)31)19(20(26)27)23(17)11-13-10-14(25(28)29)4-5-16(13)21/h3-6,9-10,22H,2,7-8,11H2,1H3,(H,26,27). The van der Waals surface area contributed by atoms with Gasteiger partial charge in [-0.05, 0) is 30.2 Å². The Labute approximate surface area is 182 Å². The number of non-ortho nitro benzene ring substituents is 1. The van der Waals surface area contributed by atoms with Gasteiger partial charge in [0.2, 0.25) is 0 Å². The molecular formula is C20H19FN4O6S. The fraction of sp³-hybridized carbons (Fsp3) is 0.250. The fourth-order valence-corrected chi connectivity index (χ4v) is 5.17. The first-order valence-corrected chi connectivity index (χ1v) is 11.2. The normalized spacial score (nSPS) is 15.4. The average Bonchev–Trinajstić information content (AvgIpc) is 3.24. The van der Waals surface area contributed by atoms with Gasteiger partial charge in [-0.1, -0.05) is 13.0 Å². The largest absolute Gasteiger partial charge is 0.477 e. The van der Waals surface area contributed by atoms with Crippen molar-refractivity contribution in [1.82, 2.24) is 9.29 Å². The number of nitro benzene ring substituents is 1. The number of nitrogens with zero attached hydrogens (tertiary/aromatic N) is 3. The fourth-order valence-electron chi connectivity index (χ4n) is 3.91. The summed E-state index contributed by atoms with van der Waals surface area (Å²) in [5.41, 5.74) is 0.452. The van der Waals surface area contributed by atoms with Gasteiger partial charge in [-0.25, -0.2) is 9.18 Å². The smallest absolute Gasteiger partial charge is 0.354 e. The lowest BCUT2D eigenvalue weighted by Crippen LogP contribution is -2.30. The third-order valence-electron chi connectivity index (χ3n) is 5.42. The van der Waals surface area contributed by atoms with Gasteiger partial charge in [0.25, 0.3) is 5.69 Å². The maximum atomic E-state index is 14.5. The zero-order valence-electron chi connectivity index (χ0n) is 16.9. The van der Waals surface area contributed by atoms with Crippen LogP contribution in [0.2, 0.25) is 0 Å². The number of carboxylic acids is 1. The van der Waals surface area contributed by atoms with Gasteiger partial charge in [0.15, 0.2) is 5.69 Å². The summed E-state index contributed by atoms with van der Waals surface area (Å²) in [6, 6.07) is 8.15. The van der Waals surface area contributed by atoms with Gasteiger partial charge >= 0.3 is 16.2 Å². The van der Waals surface area contributed by atoms with E-state index in [1.807, 2.05) is 6.92 Å². The van der Waals surface area contributed by atoms with Crippen molar-refractivity contribution in [2.24, 2.45) is 0 Å². The minimum atomic E-state index is -3.95. The number of anilines is 1. The summed E-state index contributed by atoms with van der Waals surface area (Å²) >= 11 is 0. The van der Waals surface area contributed by atoms with Gasteiger partial charge in [0, 0.05) is 36.2 Å². The minimum absolute atomic E-state index is 0.0151. The summed E-state index contributed by atoms with van der Waals surface area (Å²) in [6.45, 7) is 1.71. The average molecular weight is 462 g/mol. The molecule has 168 valence electrons. The van der Waals surface area contributed by atoms with Crippen LogP contribution in [0.4, 0.5) is 15.8 Å². The second kappa shape index (κ2) is 7.88. The van der Waals surface area contributed by atoms with E-state index in [0.717, 1.165) is 28.1 Å². The lowest BCUT2D eigenvalue weighted by Gasteiger charge is -2.17. The highest BCUT2D eigenvalue weighted by atomic mass is 32.2. The molecule has 2 heterocycles. The van der Waals surface area contributed by atoms with Gasteiger partial charge < -0.3 is 9.67 Å². The summed E-state index contributed by atoms with van der Waals surface area (Å²) < 4.78 is 44.2. The molecule has 2 aromatic carbocycles. The zero-order chi connectivity index (χ0) is 23.2. The second-order valence-corrected chi connectivity index (χ2v) is 8.98. The van der Waals surface area contributed by atoms with Gasteiger partial charge in [0.05, 0.1) is 22.7 Å². The van der Waals surface area contributed by atoms with Crippen LogP contribution in [0.15, 0.2) is 36.4 Å². The maximum absolute atomic E-state index is 14.5. The molecule has 1 aromatic heterocycles.